The van der Waals surface area contributed by atoms with E-state index in [4.69, 9.17) is 9.47 Å². The van der Waals surface area contributed by atoms with Gasteiger partial charge in [0, 0.05) is 11.6 Å². The second kappa shape index (κ2) is 7.77. The number of rotatable bonds is 8. The molecule has 1 N–H and O–H groups in total. The van der Waals surface area contributed by atoms with Crippen molar-refractivity contribution in [3.63, 3.8) is 0 Å². The van der Waals surface area contributed by atoms with E-state index < -0.39 is 0 Å². The van der Waals surface area contributed by atoms with Crippen LogP contribution in [0.5, 0.6) is 11.5 Å². The topological polar surface area (TPSA) is 30.5 Å². The highest BCUT2D eigenvalue weighted by Gasteiger charge is 2.15. The first-order valence-electron chi connectivity index (χ1n) is 6.33. The van der Waals surface area contributed by atoms with Crippen molar-refractivity contribution in [1.82, 2.24) is 5.32 Å². The molecule has 3 nitrogen and oxygen atoms in total. The first kappa shape index (κ1) is 14.6. The summed E-state index contributed by atoms with van der Waals surface area (Å²) in [6.45, 7) is 6.80. The van der Waals surface area contributed by atoms with E-state index in [1.54, 1.807) is 14.2 Å². The molecule has 0 aliphatic rings. The summed E-state index contributed by atoms with van der Waals surface area (Å²) in [5.74, 6) is 1.75. The molecule has 0 radical (unpaired) electrons. The molecule has 0 saturated carbocycles. The molecule has 1 aromatic rings. The highest BCUT2D eigenvalue weighted by molar-refractivity contribution is 5.42. The average molecular weight is 249 g/mol. The molecule has 18 heavy (non-hydrogen) atoms. The van der Waals surface area contributed by atoms with Crippen molar-refractivity contribution in [3.8, 4) is 11.5 Å². The summed E-state index contributed by atoms with van der Waals surface area (Å²) in [6.07, 6.45) is 3.91. The third kappa shape index (κ3) is 3.77. The van der Waals surface area contributed by atoms with Gasteiger partial charge in [0.1, 0.15) is 11.5 Å². The Balaban J connectivity index is 3.02. The fourth-order valence-corrected chi connectivity index (χ4v) is 2.01. The molecule has 1 unspecified atom stereocenters. The van der Waals surface area contributed by atoms with Gasteiger partial charge in [-0.15, -0.1) is 6.58 Å². The zero-order valence-electron chi connectivity index (χ0n) is 11.5. The Kier molecular flexibility index (Phi) is 6.29. The van der Waals surface area contributed by atoms with E-state index >= 15 is 0 Å². The summed E-state index contributed by atoms with van der Waals surface area (Å²) in [5, 5.41) is 3.48. The van der Waals surface area contributed by atoms with Crippen LogP contribution in [0.15, 0.2) is 30.9 Å². The minimum absolute atomic E-state index is 0.262. The highest BCUT2D eigenvalue weighted by Crippen LogP contribution is 2.31. The molecule has 0 amide bonds. The normalized spacial score (nSPS) is 11.9. The van der Waals surface area contributed by atoms with Gasteiger partial charge in [0.25, 0.3) is 0 Å². The molecule has 0 aromatic heterocycles. The largest absolute Gasteiger partial charge is 0.497 e. The molecule has 100 valence electrons. The summed E-state index contributed by atoms with van der Waals surface area (Å²) in [5.41, 5.74) is 1.14. The Bertz CT molecular complexity index is 377. The SMILES string of the molecule is C=CCCC(NCC)c1cc(OC)ccc1OC. The van der Waals surface area contributed by atoms with E-state index in [9.17, 15) is 0 Å². The molecule has 0 spiro atoms. The van der Waals surface area contributed by atoms with E-state index in [0.29, 0.717) is 0 Å². The number of nitrogens with one attached hydrogen (secondary N) is 1. The van der Waals surface area contributed by atoms with Crippen LogP contribution in [0.1, 0.15) is 31.4 Å². The number of hydrogen-bond acceptors (Lipinski definition) is 3. The Morgan fingerprint density at radius 1 is 1.33 bits per heavy atom. The third-order valence-corrected chi connectivity index (χ3v) is 2.92. The lowest BCUT2D eigenvalue weighted by Gasteiger charge is -2.21. The van der Waals surface area contributed by atoms with Gasteiger partial charge in [-0.25, -0.2) is 0 Å². The standard InChI is InChI=1S/C15H23NO2/c1-5-7-8-14(16-6-2)13-11-12(17-3)9-10-15(13)18-4/h5,9-11,14,16H,1,6-8H2,2-4H3. The summed E-state index contributed by atoms with van der Waals surface area (Å²) >= 11 is 0. The minimum Gasteiger partial charge on any atom is -0.497 e. The van der Waals surface area contributed by atoms with Gasteiger partial charge in [-0.05, 0) is 37.6 Å². The van der Waals surface area contributed by atoms with Gasteiger partial charge in [-0.2, -0.15) is 0 Å². The zero-order chi connectivity index (χ0) is 13.4. The summed E-state index contributed by atoms with van der Waals surface area (Å²) in [6, 6.07) is 6.17. The number of methoxy groups -OCH3 is 2. The first-order valence-corrected chi connectivity index (χ1v) is 6.33. The maximum absolute atomic E-state index is 5.43. The van der Waals surface area contributed by atoms with Crippen LogP contribution < -0.4 is 14.8 Å². The molecule has 0 aliphatic carbocycles. The van der Waals surface area contributed by atoms with Crippen molar-refractivity contribution in [1.29, 1.82) is 0 Å². The molecular weight excluding hydrogens is 226 g/mol. The molecule has 0 fully saturated rings. The first-order chi connectivity index (χ1) is 8.76. The number of allylic oxidation sites excluding steroid dienone is 1. The van der Waals surface area contributed by atoms with Crippen LogP contribution in [-0.4, -0.2) is 20.8 Å². The number of hydrogen-bond donors (Lipinski definition) is 1. The van der Waals surface area contributed by atoms with Crippen LogP contribution in [0.4, 0.5) is 0 Å². The van der Waals surface area contributed by atoms with E-state index in [0.717, 1.165) is 36.4 Å². The second-order valence-electron chi connectivity index (χ2n) is 4.08. The Morgan fingerprint density at radius 3 is 2.67 bits per heavy atom. The Labute approximate surface area is 110 Å². The molecular formula is C15H23NO2. The van der Waals surface area contributed by atoms with Crippen molar-refractivity contribution in [2.24, 2.45) is 0 Å². The van der Waals surface area contributed by atoms with Gasteiger partial charge in [-0.3, -0.25) is 0 Å². The second-order valence-corrected chi connectivity index (χ2v) is 4.08. The average Bonchev–Trinajstić information content (AvgIpc) is 2.42. The van der Waals surface area contributed by atoms with Crippen LogP contribution in [0.25, 0.3) is 0 Å². The van der Waals surface area contributed by atoms with E-state index in [1.807, 2.05) is 24.3 Å². The fourth-order valence-electron chi connectivity index (χ4n) is 2.01. The fraction of sp³-hybridized carbons (Fsp3) is 0.467. The number of ether oxygens (including phenoxy) is 2. The molecule has 1 atom stereocenters. The zero-order valence-corrected chi connectivity index (χ0v) is 11.5. The number of benzene rings is 1. The third-order valence-electron chi connectivity index (χ3n) is 2.92. The summed E-state index contributed by atoms with van der Waals surface area (Å²) in [7, 11) is 3.37. The molecule has 0 saturated heterocycles. The maximum Gasteiger partial charge on any atom is 0.123 e. The molecule has 1 aromatic carbocycles. The van der Waals surface area contributed by atoms with Crippen molar-refractivity contribution in [2.45, 2.75) is 25.8 Å². The maximum atomic E-state index is 5.43. The molecule has 0 heterocycles. The monoisotopic (exact) mass is 249 g/mol. The summed E-state index contributed by atoms with van der Waals surface area (Å²) in [4.78, 5) is 0. The molecule has 1 rings (SSSR count). The predicted molar refractivity (Wildman–Crippen MR) is 75.4 cm³/mol. The summed E-state index contributed by atoms with van der Waals surface area (Å²) < 4.78 is 10.7. The Morgan fingerprint density at radius 2 is 2.11 bits per heavy atom. The van der Waals surface area contributed by atoms with Crippen molar-refractivity contribution in [2.75, 3.05) is 20.8 Å². The van der Waals surface area contributed by atoms with Crippen LogP contribution in [0.2, 0.25) is 0 Å². The van der Waals surface area contributed by atoms with Gasteiger partial charge in [0.2, 0.25) is 0 Å². The minimum atomic E-state index is 0.262. The lowest BCUT2D eigenvalue weighted by Crippen LogP contribution is -2.21. The molecule has 3 heteroatoms. The smallest absolute Gasteiger partial charge is 0.123 e. The van der Waals surface area contributed by atoms with Crippen molar-refractivity contribution >= 4 is 0 Å². The molecule has 0 bridgehead atoms. The molecule has 0 aliphatic heterocycles. The van der Waals surface area contributed by atoms with Crippen LogP contribution in [0, 0.1) is 0 Å². The Hall–Kier alpha value is -1.48. The van der Waals surface area contributed by atoms with Gasteiger partial charge >= 0.3 is 0 Å². The van der Waals surface area contributed by atoms with Gasteiger partial charge in [0.05, 0.1) is 14.2 Å². The van der Waals surface area contributed by atoms with Gasteiger partial charge < -0.3 is 14.8 Å². The lowest BCUT2D eigenvalue weighted by atomic mass is 10.0. The quantitative estimate of drug-likeness (QED) is 0.717. The predicted octanol–water partition coefficient (Wildman–Crippen LogP) is 3.32. The van der Waals surface area contributed by atoms with E-state index in [1.165, 1.54) is 0 Å². The van der Waals surface area contributed by atoms with Crippen molar-refractivity contribution < 1.29 is 9.47 Å². The van der Waals surface area contributed by atoms with E-state index in [-0.39, 0.29) is 6.04 Å². The van der Waals surface area contributed by atoms with Crippen LogP contribution in [-0.2, 0) is 0 Å². The van der Waals surface area contributed by atoms with Crippen LogP contribution in [0.3, 0.4) is 0 Å². The van der Waals surface area contributed by atoms with Gasteiger partial charge in [0.15, 0.2) is 0 Å². The lowest BCUT2D eigenvalue weighted by molar-refractivity contribution is 0.387. The van der Waals surface area contributed by atoms with Crippen molar-refractivity contribution in [3.05, 3.63) is 36.4 Å². The van der Waals surface area contributed by atoms with Gasteiger partial charge in [-0.1, -0.05) is 13.0 Å². The van der Waals surface area contributed by atoms with E-state index in [2.05, 4.69) is 18.8 Å². The highest BCUT2D eigenvalue weighted by atomic mass is 16.5. The van der Waals surface area contributed by atoms with Crippen LogP contribution >= 0.6 is 0 Å².